The molecular formula is C61H57F6N11O7S. The molecule has 4 fully saturated rings. The van der Waals surface area contributed by atoms with E-state index in [4.69, 9.17) is 29.9 Å². The summed E-state index contributed by atoms with van der Waals surface area (Å²) in [6, 6.07) is 18.7. The Morgan fingerprint density at radius 2 is 1.72 bits per heavy atom. The number of fused-ring (bicyclic) bond motifs is 4. The van der Waals surface area contributed by atoms with Crippen LogP contribution in [0.4, 0.5) is 37.2 Å². The highest BCUT2D eigenvalue weighted by Gasteiger charge is 2.45. The van der Waals surface area contributed by atoms with Crippen LogP contribution in [0.5, 0.6) is 11.8 Å². The Bertz CT molecular complexity index is 3950. The van der Waals surface area contributed by atoms with Gasteiger partial charge in [-0.1, -0.05) is 85.8 Å². The number of nitrogens with two attached hydrogens (primary N) is 1. The van der Waals surface area contributed by atoms with E-state index in [1.165, 1.54) is 39.9 Å². The predicted molar refractivity (Wildman–Crippen MR) is 306 cm³/mol. The molecule has 0 radical (unpaired) electrons. The minimum atomic E-state index is -5.04. The Kier molecular flexibility index (Phi) is 15.8. The lowest BCUT2D eigenvalue weighted by atomic mass is 9.92. The Labute approximate surface area is 492 Å². The summed E-state index contributed by atoms with van der Waals surface area (Å²) in [5.41, 5.74) is 6.48. The lowest BCUT2D eigenvalue weighted by molar-refractivity contribution is -0.142. The van der Waals surface area contributed by atoms with Crippen LogP contribution in [0.1, 0.15) is 73.9 Å². The molecule has 12 rings (SSSR count). The highest BCUT2D eigenvalue weighted by molar-refractivity contribution is 7.23. The summed E-state index contributed by atoms with van der Waals surface area (Å²) in [5, 5.41) is 46.4. The predicted octanol–water partition coefficient (Wildman–Crippen LogP) is 9.02. The number of thiophene rings is 1. The van der Waals surface area contributed by atoms with Crippen LogP contribution in [-0.4, -0.2) is 122 Å². The van der Waals surface area contributed by atoms with Crippen molar-refractivity contribution in [1.29, 1.82) is 5.26 Å². The molecule has 6 atom stereocenters. The number of hydrogen-bond acceptors (Lipinski definition) is 16. The first-order valence-corrected chi connectivity index (χ1v) is 28.9. The van der Waals surface area contributed by atoms with E-state index in [0.29, 0.717) is 67.1 Å². The number of rotatable bonds is 16. The van der Waals surface area contributed by atoms with Gasteiger partial charge < -0.3 is 50.6 Å². The molecule has 18 nitrogen and oxygen atoms in total. The lowest BCUT2D eigenvalue weighted by Gasteiger charge is -2.31. The molecule has 2 bridgehead atoms. The number of carbonyl (C=O) groups excluding carboxylic acids is 2. The minimum absolute atomic E-state index is 0.00709. The van der Waals surface area contributed by atoms with Crippen LogP contribution in [0.15, 0.2) is 91.1 Å². The topological polar surface area (TPSA) is 239 Å². The number of hydrogen-bond donors (Lipinski definition) is 5. The van der Waals surface area contributed by atoms with Gasteiger partial charge in [-0.15, -0.1) is 16.4 Å². The van der Waals surface area contributed by atoms with Crippen LogP contribution < -0.4 is 30.7 Å². The summed E-state index contributed by atoms with van der Waals surface area (Å²) in [6.07, 6.45) is -3.20. The number of benzene rings is 5. The number of likely N-dealkylation sites (tertiary alicyclic amines) is 1. The summed E-state index contributed by atoms with van der Waals surface area (Å²) in [4.78, 5) is 41.5. The van der Waals surface area contributed by atoms with E-state index in [-0.39, 0.29) is 98.0 Å². The molecule has 4 aliphatic heterocycles. The van der Waals surface area contributed by atoms with Crippen molar-refractivity contribution < 1.29 is 60.4 Å². The summed E-state index contributed by atoms with van der Waals surface area (Å²) in [6.45, 7) is 4.43. The number of amides is 2. The van der Waals surface area contributed by atoms with E-state index >= 15 is 17.6 Å². The van der Waals surface area contributed by atoms with Crippen molar-refractivity contribution in [2.75, 3.05) is 50.1 Å². The number of nitrogens with one attached hydrogen (secondary N) is 2. The molecular weight excluding hydrogens is 1140 g/mol. The van der Waals surface area contributed by atoms with Crippen LogP contribution in [0.3, 0.4) is 0 Å². The molecule has 7 heterocycles. The third-order valence-corrected chi connectivity index (χ3v) is 17.5. The first kappa shape index (κ1) is 58.0. The van der Waals surface area contributed by atoms with Crippen molar-refractivity contribution >= 4 is 55.0 Å². The molecule has 5 aromatic carbocycles. The number of carbonyl (C=O) groups is 2. The molecule has 4 aliphatic rings. The highest BCUT2D eigenvalue weighted by atomic mass is 32.1. The molecule has 8 aromatic rings. The number of nitrogens with zero attached hydrogens (tertiary/aromatic N) is 8. The second-order valence-electron chi connectivity index (χ2n) is 22.3. The quantitative estimate of drug-likeness (QED) is 0.0567. The van der Waals surface area contributed by atoms with Gasteiger partial charge in [-0.05, 0) is 52.8 Å². The zero-order chi connectivity index (χ0) is 60.3. The first-order chi connectivity index (χ1) is 41.4. The molecule has 25 heteroatoms. The second-order valence-corrected chi connectivity index (χ2v) is 23.4. The molecule has 0 spiro atoms. The van der Waals surface area contributed by atoms with E-state index in [1.54, 1.807) is 56.4 Å². The number of nitriles is 1. The van der Waals surface area contributed by atoms with Gasteiger partial charge in [0.05, 0.1) is 54.0 Å². The first-order valence-electron chi connectivity index (χ1n) is 28.1. The fourth-order valence-electron chi connectivity index (χ4n) is 12.2. The van der Waals surface area contributed by atoms with Gasteiger partial charge in [0.15, 0.2) is 17.4 Å². The number of ether oxygens (including phenoxy) is 3. The third kappa shape index (κ3) is 11.0. The van der Waals surface area contributed by atoms with Crippen LogP contribution in [-0.2, 0) is 27.1 Å². The van der Waals surface area contributed by atoms with Gasteiger partial charge in [-0.2, -0.15) is 28.4 Å². The van der Waals surface area contributed by atoms with Crippen molar-refractivity contribution in [3.8, 4) is 51.3 Å². The zero-order valence-corrected chi connectivity index (χ0v) is 47.1. The van der Waals surface area contributed by atoms with E-state index in [2.05, 4.69) is 20.9 Å². The third-order valence-electron chi connectivity index (χ3n) is 16.4. The number of piperazine rings is 1. The summed E-state index contributed by atoms with van der Waals surface area (Å²) in [7, 11) is 0. The Hall–Kier alpha value is -8.41. The van der Waals surface area contributed by atoms with Crippen molar-refractivity contribution in [2.45, 2.75) is 94.7 Å². The molecule has 446 valence electrons. The number of aromatic nitrogens is 5. The molecule has 0 saturated carbocycles. The Morgan fingerprint density at radius 3 is 2.41 bits per heavy atom. The maximum atomic E-state index is 16.0. The smallest absolute Gasteiger partial charge is 0.417 e. The Balaban J connectivity index is 0.840. The molecule has 4 saturated heterocycles. The van der Waals surface area contributed by atoms with Crippen LogP contribution in [0.25, 0.3) is 54.5 Å². The number of β-amino-alcohol motifs (C(OH)–C–C–N with tert-alkyl or cyclic N) is 1. The zero-order valence-electron chi connectivity index (χ0n) is 46.3. The standard InChI is InChI=1S/C61H57F6N11O7S/c1-30(2)53(59(82)77-26-37(80)21-48(77)58(81)71-47(28-79)34-12-10-32(11-13-34)39-4-3-5-44(62)51(39)64)78-27-46(74-75-78)33-8-6-31(7-9-33)29-84-54-50(40-14-15-45(63)55-49(40)42(23-68)56(69)86-55)43(61(65,66)67)22-41-52(54)72-60(85-38-16-18-83-19-17-38)73-57(41)76-25-35-20-36(76)24-70-35/h3-15,22,27,30,35-38,47-48,53,70,79-80H,16-21,24-26,28-29,69H2,1-2H3,(H,71,81)/t35-,36-,37+,47-,48-,53-/m0/s1. The lowest BCUT2D eigenvalue weighted by Crippen LogP contribution is -2.50. The van der Waals surface area contributed by atoms with Crippen molar-refractivity contribution in [1.82, 2.24) is 40.5 Å². The minimum Gasteiger partial charge on any atom is -0.486 e. The maximum Gasteiger partial charge on any atom is 0.417 e. The fourth-order valence-corrected chi connectivity index (χ4v) is 13.1. The maximum absolute atomic E-state index is 16.0. The largest absolute Gasteiger partial charge is 0.486 e. The summed E-state index contributed by atoms with van der Waals surface area (Å²) in [5.74, 6) is -4.47. The number of anilines is 2. The van der Waals surface area contributed by atoms with Gasteiger partial charge in [0, 0.05) is 78.4 Å². The fraction of sp³-hybridized carbons (Fsp3) is 0.361. The molecule has 0 aliphatic carbocycles. The van der Waals surface area contributed by atoms with Gasteiger partial charge in [0.25, 0.3) is 0 Å². The van der Waals surface area contributed by atoms with Crippen molar-refractivity contribution in [3.05, 3.63) is 131 Å². The number of aliphatic hydroxyl groups excluding tert-OH is 2. The van der Waals surface area contributed by atoms with E-state index in [0.717, 1.165) is 36.0 Å². The second kappa shape index (κ2) is 23.5. The molecule has 2 amide bonds. The van der Waals surface area contributed by atoms with Gasteiger partial charge in [0.2, 0.25) is 11.8 Å². The number of aliphatic hydroxyl groups is 2. The number of nitrogen functional groups attached to an aromatic ring is 1. The summed E-state index contributed by atoms with van der Waals surface area (Å²) < 4.78 is 112. The van der Waals surface area contributed by atoms with Gasteiger partial charge in [0.1, 0.15) is 58.7 Å². The normalized spacial score (nSPS) is 19.6. The molecule has 86 heavy (non-hydrogen) atoms. The van der Waals surface area contributed by atoms with Gasteiger partial charge >= 0.3 is 12.2 Å². The number of alkyl halides is 3. The average Bonchev–Trinajstić information content (AvgIpc) is 1.32. The van der Waals surface area contributed by atoms with E-state index in [9.17, 15) is 33.8 Å². The Morgan fingerprint density at radius 1 is 0.965 bits per heavy atom. The van der Waals surface area contributed by atoms with Gasteiger partial charge in [-0.25, -0.2) is 17.9 Å². The van der Waals surface area contributed by atoms with Crippen LogP contribution in [0, 0.1) is 34.7 Å². The molecule has 0 unspecified atom stereocenters. The van der Waals surface area contributed by atoms with Crippen LogP contribution in [0.2, 0.25) is 0 Å². The van der Waals surface area contributed by atoms with Crippen LogP contribution >= 0.6 is 11.3 Å². The SMILES string of the molecule is CC(C)[C@@H](C(=O)N1C[C@H](O)C[C@H]1C(=O)N[C@@H](CO)c1ccc(-c2cccc(F)c2F)cc1)n1cc(-c2ccc(COc3c(-c4ccc(F)c5sc(N)c(C#N)c45)c(C(F)(F)F)cc4c(N5C[C@@H]6C[C@H]5CN6)nc(OC5CCOCC5)nc34)cc2)nn1. The van der Waals surface area contributed by atoms with Gasteiger partial charge in [-0.3, -0.25) is 9.59 Å². The van der Waals surface area contributed by atoms with Crippen molar-refractivity contribution in [3.63, 3.8) is 0 Å². The van der Waals surface area contributed by atoms with Crippen molar-refractivity contribution in [2.24, 2.45) is 5.92 Å². The van der Waals surface area contributed by atoms with E-state index in [1.807, 2.05) is 11.0 Å². The monoisotopic (exact) mass is 1200 g/mol. The average molecular weight is 1200 g/mol. The summed E-state index contributed by atoms with van der Waals surface area (Å²) >= 11 is 0.749. The molecule has 3 aromatic heterocycles. The molecule has 6 N–H and O–H groups in total. The highest BCUT2D eigenvalue weighted by Crippen LogP contribution is 2.52. The van der Waals surface area contributed by atoms with E-state index < -0.39 is 83.3 Å². The number of halogens is 6.